The molecule has 0 saturated heterocycles. The third-order valence-corrected chi connectivity index (χ3v) is 3.43. The van der Waals surface area contributed by atoms with Gasteiger partial charge in [-0.25, -0.2) is 0 Å². The minimum absolute atomic E-state index is 0.168. The quantitative estimate of drug-likeness (QED) is 0.809. The number of hydrogen-bond acceptors (Lipinski definition) is 3. The molecule has 0 aliphatic rings. The molecule has 1 aromatic carbocycles. The van der Waals surface area contributed by atoms with E-state index < -0.39 is 0 Å². The fraction of sp³-hybridized carbons (Fsp3) is 0.571. The molecule has 3 nitrogen and oxygen atoms in total. The van der Waals surface area contributed by atoms with E-state index in [1.807, 2.05) is 12.1 Å². The van der Waals surface area contributed by atoms with Gasteiger partial charge in [-0.3, -0.25) is 0 Å². The van der Waals surface area contributed by atoms with Crippen LogP contribution in [0.4, 0.5) is 0 Å². The van der Waals surface area contributed by atoms with Crippen LogP contribution < -0.4 is 5.32 Å². The third-order valence-electron chi connectivity index (χ3n) is 2.94. The smallest absolute Gasteiger partial charge is 0.120 e. The van der Waals surface area contributed by atoms with Crippen molar-refractivity contribution in [2.24, 2.45) is 5.92 Å². The second-order valence-corrected chi connectivity index (χ2v) is 5.55. The van der Waals surface area contributed by atoms with Crippen molar-refractivity contribution in [1.29, 1.82) is 0 Å². The average molecular weight is 316 g/mol. The van der Waals surface area contributed by atoms with E-state index in [4.69, 9.17) is 4.74 Å². The number of nitrogens with one attached hydrogen (secondary N) is 1. The topological polar surface area (TPSA) is 41.5 Å². The number of halogens is 1. The lowest BCUT2D eigenvalue weighted by Gasteiger charge is -2.21. The lowest BCUT2D eigenvalue weighted by molar-refractivity contribution is 0.156. The Balaban J connectivity index is 2.68. The van der Waals surface area contributed by atoms with E-state index in [-0.39, 0.29) is 6.04 Å². The number of hydrogen-bond donors (Lipinski definition) is 2. The Morgan fingerprint density at radius 2 is 2.17 bits per heavy atom. The molecule has 1 aromatic rings. The third kappa shape index (κ3) is 4.59. The van der Waals surface area contributed by atoms with Crippen molar-refractivity contribution in [1.82, 2.24) is 5.32 Å². The van der Waals surface area contributed by atoms with Gasteiger partial charge in [0.25, 0.3) is 0 Å². The van der Waals surface area contributed by atoms with Crippen LogP contribution in [0.3, 0.4) is 0 Å². The number of ether oxygens (including phenoxy) is 1. The minimum atomic E-state index is 0.168. The maximum atomic E-state index is 9.92. The van der Waals surface area contributed by atoms with Crippen molar-refractivity contribution in [3.05, 3.63) is 28.2 Å². The van der Waals surface area contributed by atoms with E-state index in [0.29, 0.717) is 11.7 Å². The van der Waals surface area contributed by atoms with Crippen molar-refractivity contribution in [2.45, 2.75) is 26.3 Å². The van der Waals surface area contributed by atoms with Gasteiger partial charge in [0, 0.05) is 36.3 Å². The second-order valence-electron chi connectivity index (χ2n) is 4.63. The summed E-state index contributed by atoms with van der Waals surface area (Å²) in [5.74, 6) is 0.801. The highest BCUT2D eigenvalue weighted by atomic mass is 79.9. The van der Waals surface area contributed by atoms with E-state index in [2.05, 4.69) is 35.1 Å². The largest absolute Gasteiger partial charge is 0.508 e. The molecule has 102 valence electrons. The van der Waals surface area contributed by atoms with Crippen LogP contribution in [0.2, 0.25) is 0 Å². The molecule has 4 heteroatoms. The first-order valence-electron chi connectivity index (χ1n) is 6.29. The van der Waals surface area contributed by atoms with Crippen molar-refractivity contribution < 1.29 is 9.84 Å². The van der Waals surface area contributed by atoms with Gasteiger partial charge >= 0.3 is 0 Å². The number of aromatic hydroxyl groups is 1. The Morgan fingerprint density at radius 3 is 2.78 bits per heavy atom. The van der Waals surface area contributed by atoms with Crippen LogP contribution in [0.15, 0.2) is 22.7 Å². The maximum Gasteiger partial charge on any atom is 0.120 e. The zero-order chi connectivity index (χ0) is 13.5. The fourth-order valence-electron chi connectivity index (χ4n) is 1.97. The first-order valence-corrected chi connectivity index (χ1v) is 7.08. The Morgan fingerprint density at radius 1 is 1.44 bits per heavy atom. The molecule has 0 aliphatic carbocycles. The van der Waals surface area contributed by atoms with Crippen LogP contribution in [0.5, 0.6) is 5.75 Å². The predicted octanol–water partition coefficient (Wildman–Crippen LogP) is 3.48. The minimum Gasteiger partial charge on any atom is -0.508 e. The average Bonchev–Trinajstić information content (AvgIpc) is 2.34. The molecule has 2 atom stereocenters. The van der Waals surface area contributed by atoms with E-state index in [9.17, 15) is 5.11 Å². The molecule has 0 radical (unpaired) electrons. The summed E-state index contributed by atoms with van der Waals surface area (Å²) in [5, 5.41) is 13.4. The van der Waals surface area contributed by atoms with E-state index in [0.717, 1.165) is 29.6 Å². The predicted molar refractivity (Wildman–Crippen MR) is 77.9 cm³/mol. The van der Waals surface area contributed by atoms with Crippen LogP contribution >= 0.6 is 15.9 Å². The molecular formula is C14H22BrNO2. The molecule has 0 saturated carbocycles. The molecule has 0 bridgehead atoms. The number of phenolic OH excluding ortho intramolecular Hbond substituents is 1. The summed E-state index contributed by atoms with van der Waals surface area (Å²) in [6, 6.07) is 5.71. The molecule has 0 aromatic heterocycles. The Hall–Kier alpha value is -0.580. The van der Waals surface area contributed by atoms with Gasteiger partial charge in [-0.1, -0.05) is 29.8 Å². The van der Waals surface area contributed by atoms with Gasteiger partial charge in [0.1, 0.15) is 5.75 Å². The van der Waals surface area contributed by atoms with Crippen LogP contribution in [-0.2, 0) is 4.74 Å². The molecule has 2 unspecified atom stereocenters. The molecule has 0 fully saturated rings. The summed E-state index contributed by atoms with van der Waals surface area (Å²) >= 11 is 3.44. The molecule has 0 aliphatic heterocycles. The van der Waals surface area contributed by atoms with Crippen molar-refractivity contribution >= 4 is 15.9 Å². The highest BCUT2D eigenvalue weighted by Gasteiger charge is 2.14. The van der Waals surface area contributed by atoms with E-state index >= 15 is 0 Å². The van der Waals surface area contributed by atoms with Gasteiger partial charge in [-0.2, -0.15) is 0 Å². The van der Waals surface area contributed by atoms with Crippen LogP contribution in [0.1, 0.15) is 31.9 Å². The van der Waals surface area contributed by atoms with Gasteiger partial charge in [-0.15, -0.1) is 0 Å². The van der Waals surface area contributed by atoms with Crippen molar-refractivity contribution in [3.8, 4) is 5.75 Å². The van der Waals surface area contributed by atoms with Gasteiger partial charge in [0.05, 0.1) is 0 Å². The summed E-state index contributed by atoms with van der Waals surface area (Å²) in [4.78, 5) is 0. The van der Waals surface area contributed by atoms with Crippen molar-refractivity contribution in [2.75, 3.05) is 20.3 Å². The van der Waals surface area contributed by atoms with Crippen LogP contribution in [0, 0.1) is 5.92 Å². The summed E-state index contributed by atoms with van der Waals surface area (Å²) in [6.07, 6.45) is 0.934. The van der Waals surface area contributed by atoms with Gasteiger partial charge in [-0.05, 0) is 30.5 Å². The summed E-state index contributed by atoms with van der Waals surface area (Å²) in [5.41, 5.74) is 0.941. The SMILES string of the molecule is CCC(NCC(C)COC)c1cc(Br)ccc1O. The number of benzene rings is 1. The number of methoxy groups -OCH3 is 1. The highest BCUT2D eigenvalue weighted by Crippen LogP contribution is 2.29. The Labute approximate surface area is 118 Å². The Bertz CT molecular complexity index is 371. The second kappa shape index (κ2) is 7.77. The summed E-state index contributed by atoms with van der Waals surface area (Å²) in [6.45, 7) is 5.87. The van der Waals surface area contributed by atoms with Gasteiger partial charge < -0.3 is 15.2 Å². The van der Waals surface area contributed by atoms with Gasteiger partial charge in [0.15, 0.2) is 0 Å². The summed E-state index contributed by atoms with van der Waals surface area (Å²) < 4.78 is 6.11. The number of rotatable bonds is 7. The van der Waals surface area contributed by atoms with Crippen LogP contribution in [-0.4, -0.2) is 25.4 Å². The monoisotopic (exact) mass is 315 g/mol. The number of phenols is 1. The molecule has 0 heterocycles. The fourth-order valence-corrected chi connectivity index (χ4v) is 2.34. The first-order chi connectivity index (χ1) is 8.58. The summed E-state index contributed by atoms with van der Waals surface area (Å²) in [7, 11) is 1.72. The van der Waals surface area contributed by atoms with E-state index in [1.165, 1.54) is 0 Å². The lowest BCUT2D eigenvalue weighted by Crippen LogP contribution is -2.27. The lowest BCUT2D eigenvalue weighted by atomic mass is 10.0. The maximum absolute atomic E-state index is 9.92. The standard InChI is InChI=1S/C14H22BrNO2/c1-4-13(16-8-10(2)9-18-3)12-7-11(15)5-6-14(12)17/h5-7,10,13,16-17H,4,8-9H2,1-3H3. The molecule has 0 amide bonds. The van der Waals surface area contributed by atoms with Crippen LogP contribution in [0.25, 0.3) is 0 Å². The van der Waals surface area contributed by atoms with Crippen molar-refractivity contribution in [3.63, 3.8) is 0 Å². The molecule has 1 rings (SSSR count). The zero-order valence-corrected chi connectivity index (χ0v) is 12.8. The molecule has 0 spiro atoms. The zero-order valence-electron chi connectivity index (χ0n) is 11.2. The molecule has 2 N–H and O–H groups in total. The molecule has 18 heavy (non-hydrogen) atoms. The van der Waals surface area contributed by atoms with Gasteiger partial charge in [0.2, 0.25) is 0 Å². The molecular weight excluding hydrogens is 294 g/mol. The Kier molecular flexibility index (Phi) is 6.68. The normalized spacial score (nSPS) is 14.4. The first kappa shape index (κ1) is 15.5. The highest BCUT2D eigenvalue weighted by molar-refractivity contribution is 9.10. The van der Waals surface area contributed by atoms with E-state index in [1.54, 1.807) is 13.2 Å².